The van der Waals surface area contributed by atoms with Gasteiger partial charge in [-0.3, -0.25) is 4.90 Å². The topological polar surface area (TPSA) is 96.9 Å². The Balaban J connectivity index is 1.50. The van der Waals surface area contributed by atoms with E-state index in [1.807, 2.05) is 6.07 Å². The standard InChI is InChI=1S/C27H35Cl2N7O3/c1-35-8-10-36(11-9-35)7-6-30-26-25-17(15-31-27(34-25)32-18-5-4-12-39-16-18)13-19(33-26)22-23(28)20(37-2)14-21(38-3)24(22)29/h13-15,18H,4-12,16H2,1-3H3,(H,30,33)(H,31,32,34). The SMILES string of the molecule is COc1cc(OC)c(Cl)c(-c2cc3cnc(NC4CCCOC4)nc3c(NCCN3CCN(C)CC3)n2)c1Cl. The summed E-state index contributed by atoms with van der Waals surface area (Å²) >= 11 is 13.5. The zero-order chi connectivity index (χ0) is 27.4. The van der Waals surface area contributed by atoms with E-state index in [4.69, 9.17) is 47.4 Å². The van der Waals surface area contributed by atoms with Gasteiger partial charge in [0, 0.05) is 69.1 Å². The van der Waals surface area contributed by atoms with Gasteiger partial charge in [-0.25, -0.2) is 15.0 Å². The number of ether oxygens (including phenoxy) is 3. The number of benzene rings is 1. The summed E-state index contributed by atoms with van der Waals surface area (Å²) < 4.78 is 16.6. The van der Waals surface area contributed by atoms with Gasteiger partial charge in [0.15, 0.2) is 5.82 Å². The molecule has 39 heavy (non-hydrogen) atoms. The number of anilines is 2. The van der Waals surface area contributed by atoms with Gasteiger partial charge in [-0.05, 0) is 26.0 Å². The van der Waals surface area contributed by atoms with Crippen molar-refractivity contribution in [3.63, 3.8) is 0 Å². The normalized spacial score (nSPS) is 18.7. The van der Waals surface area contributed by atoms with Crippen LogP contribution in [0.25, 0.3) is 22.2 Å². The number of fused-ring (bicyclic) bond motifs is 1. The zero-order valence-corrected chi connectivity index (χ0v) is 24.1. The first-order valence-electron chi connectivity index (χ1n) is 13.2. The Bertz CT molecular complexity index is 1270. The monoisotopic (exact) mass is 575 g/mol. The molecule has 2 aromatic heterocycles. The molecule has 210 valence electrons. The van der Waals surface area contributed by atoms with Crippen LogP contribution in [0.2, 0.25) is 10.0 Å². The van der Waals surface area contributed by atoms with Crippen molar-refractivity contribution in [2.45, 2.75) is 18.9 Å². The van der Waals surface area contributed by atoms with E-state index < -0.39 is 0 Å². The number of piperazine rings is 1. The van der Waals surface area contributed by atoms with E-state index in [-0.39, 0.29) is 6.04 Å². The van der Waals surface area contributed by atoms with Crippen LogP contribution in [0.4, 0.5) is 11.8 Å². The first-order valence-corrected chi connectivity index (χ1v) is 14.0. The summed E-state index contributed by atoms with van der Waals surface area (Å²) in [5.74, 6) is 2.08. The summed E-state index contributed by atoms with van der Waals surface area (Å²) in [5.41, 5.74) is 1.82. The first kappa shape index (κ1) is 27.9. The smallest absolute Gasteiger partial charge is 0.223 e. The molecule has 1 atom stereocenters. The molecule has 0 spiro atoms. The molecule has 0 radical (unpaired) electrons. The Morgan fingerprint density at radius 3 is 2.46 bits per heavy atom. The number of aromatic nitrogens is 3. The third-order valence-electron chi connectivity index (χ3n) is 7.21. The molecule has 2 aliphatic heterocycles. The van der Waals surface area contributed by atoms with Gasteiger partial charge in [0.25, 0.3) is 0 Å². The van der Waals surface area contributed by atoms with Crippen LogP contribution in [0.3, 0.4) is 0 Å². The number of nitrogens with zero attached hydrogens (tertiary/aromatic N) is 5. The molecule has 12 heteroatoms. The largest absolute Gasteiger partial charge is 0.495 e. The number of likely N-dealkylation sites (N-methyl/N-ethyl adjacent to an activating group) is 1. The molecule has 3 aromatic rings. The van der Waals surface area contributed by atoms with Crippen molar-refractivity contribution in [2.24, 2.45) is 0 Å². The summed E-state index contributed by atoms with van der Waals surface area (Å²) in [5, 5.41) is 8.46. The molecule has 2 aliphatic rings. The van der Waals surface area contributed by atoms with Crippen LogP contribution in [0.1, 0.15) is 12.8 Å². The van der Waals surface area contributed by atoms with E-state index >= 15 is 0 Å². The molecule has 0 aliphatic carbocycles. The van der Waals surface area contributed by atoms with E-state index in [2.05, 4.69) is 32.5 Å². The summed E-state index contributed by atoms with van der Waals surface area (Å²) in [6, 6.07) is 3.74. The minimum absolute atomic E-state index is 0.180. The average molecular weight is 577 g/mol. The Kier molecular flexibility index (Phi) is 9.09. The summed E-state index contributed by atoms with van der Waals surface area (Å²) in [6.45, 7) is 7.26. The molecule has 1 aromatic carbocycles. The maximum absolute atomic E-state index is 6.74. The van der Waals surface area contributed by atoms with Crippen molar-refractivity contribution >= 4 is 45.9 Å². The maximum Gasteiger partial charge on any atom is 0.223 e. The average Bonchev–Trinajstić information content (AvgIpc) is 2.95. The first-order chi connectivity index (χ1) is 19.0. The van der Waals surface area contributed by atoms with Crippen LogP contribution >= 0.6 is 23.2 Å². The highest BCUT2D eigenvalue weighted by Crippen LogP contribution is 2.46. The summed E-state index contributed by atoms with van der Waals surface area (Å²) in [4.78, 5) is 19.2. The molecule has 1 unspecified atom stereocenters. The fourth-order valence-electron chi connectivity index (χ4n) is 4.91. The minimum atomic E-state index is 0.180. The van der Waals surface area contributed by atoms with Crippen LogP contribution in [-0.4, -0.2) is 105 Å². The highest BCUT2D eigenvalue weighted by molar-refractivity contribution is 6.41. The van der Waals surface area contributed by atoms with E-state index in [1.54, 1.807) is 26.5 Å². The van der Waals surface area contributed by atoms with Gasteiger partial charge < -0.3 is 29.7 Å². The van der Waals surface area contributed by atoms with Gasteiger partial charge in [0.1, 0.15) is 17.0 Å². The quantitative estimate of drug-likeness (QED) is 0.385. The van der Waals surface area contributed by atoms with Gasteiger partial charge in [-0.1, -0.05) is 23.2 Å². The number of hydrogen-bond acceptors (Lipinski definition) is 10. The van der Waals surface area contributed by atoms with Crippen molar-refractivity contribution in [3.8, 4) is 22.8 Å². The lowest BCUT2D eigenvalue weighted by Gasteiger charge is -2.32. The fourth-order valence-corrected chi connectivity index (χ4v) is 5.61. The van der Waals surface area contributed by atoms with Crippen molar-refractivity contribution in [2.75, 3.05) is 84.4 Å². The summed E-state index contributed by atoms with van der Waals surface area (Å²) in [7, 11) is 5.26. The molecular weight excluding hydrogens is 541 g/mol. The lowest BCUT2D eigenvalue weighted by atomic mass is 10.1. The predicted octanol–water partition coefficient (Wildman–Crippen LogP) is 4.27. The number of rotatable bonds is 9. The second kappa shape index (κ2) is 12.7. The highest BCUT2D eigenvalue weighted by atomic mass is 35.5. The van der Waals surface area contributed by atoms with Gasteiger partial charge in [0.05, 0.1) is 42.6 Å². The second-order valence-electron chi connectivity index (χ2n) is 9.90. The van der Waals surface area contributed by atoms with Crippen molar-refractivity contribution < 1.29 is 14.2 Å². The Morgan fingerprint density at radius 1 is 1.05 bits per heavy atom. The van der Waals surface area contributed by atoms with Gasteiger partial charge in [-0.15, -0.1) is 0 Å². The van der Waals surface area contributed by atoms with Crippen LogP contribution < -0.4 is 20.1 Å². The number of pyridine rings is 1. The predicted molar refractivity (Wildman–Crippen MR) is 156 cm³/mol. The summed E-state index contributed by atoms with van der Waals surface area (Å²) in [6.07, 6.45) is 3.83. The Morgan fingerprint density at radius 2 is 1.79 bits per heavy atom. The van der Waals surface area contributed by atoms with Gasteiger partial charge in [0.2, 0.25) is 5.95 Å². The molecule has 10 nitrogen and oxygen atoms in total. The van der Waals surface area contributed by atoms with Crippen LogP contribution in [0.15, 0.2) is 18.3 Å². The molecule has 2 saturated heterocycles. The maximum atomic E-state index is 6.74. The van der Waals surface area contributed by atoms with E-state index in [1.165, 1.54) is 0 Å². The third-order valence-corrected chi connectivity index (χ3v) is 7.96. The fraction of sp³-hybridized carbons (Fsp3) is 0.519. The number of halogens is 2. The molecule has 5 rings (SSSR count). The van der Waals surface area contributed by atoms with Crippen molar-refractivity contribution in [3.05, 3.63) is 28.4 Å². The van der Waals surface area contributed by atoms with Crippen molar-refractivity contribution in [1.29, 1.82) is 0 Å². The molecule has 0 saturated carbocycles. The lowest BCUT2D eigenvalue weighted by molar-refractivity contribution is 0.0874. The lowest BCUT2D eigenvalue weighted by Crippen LogP contribution is -2.45. The van der Waals surface area contributed by atoms with Crippen molar-refractivity contribution in [1.82, 2.24) is 24.8 Å². The molecule has 2 fully saturated rings. The number of nitrogens with one attached hydrogen (secondary N) is 2. The van der Waals surface area contributed by atoms with Crippen LogP contribution in [0, 0.1) is 0 Å². The van der Waals surface area contributed by atoms with E-state index in [0.717, 1.165) is 57.6 Å². The van der Waals surface area contributed by atoms with E-state index in [9.17, 15) is 0 Å². The number of hydrogen-bond donors (Lipinski definition) is 2. The molecule has 2 N–H and O–H groups in total. The molecule has 4 heterocycles. The minimum Gasteiger partial charge on any atom is -0.495 e. The van der Waals surface area contributed by atoms with Crippen LogP contribution in [0.5, 0.6) is 11.5 Å². The van der Waals surface area contributed by atoms with Gasteiger partial charge in [-0.2, -0.15) is 0 Å². The molecular formula is C27H35Cl2N7O3. The number of methoxy groups -OCH3 is 2. The molecule has 0 bridgehead atoms. The van der Waals surface area contributed by atoms with Crippen LogP contribution in [-0.2, 0) is 4.74 Å². The zero-order valence-electron chi connectivity index (χ0n) is 22.6. The van der Waals surface area contributed by atoms with E-state index in [0.29, 0.717) is 63.2 Å². The second-order valence-corrected chi connectivity index (χ2v) is 10.7. The Hall–Kier alpha value is -2.63. The van der Waals surface area contributed by atoms with Gasteiger partial charge >= 0.3 is 0 Å². The molecule has 0 amide bonds. The Labute approximate surface area is 238 Å². The highest BCUT2D eigenvalue weighted by Gasteiger charge is 2.22. The third kappa shape index (κ3) is 6.41.